The van der Waals surface area contributed by atoms with Gasteiger partial charge in [-0.3, -0.25) is 4.90 Å². The lowest BCUT2D eigenvalue weighted by Gasteiger charge is -2.65. The van der Waals surface area contributed by atoms with Gasteiger partial charge in [-0.2, -0.15) is 0 Å². The second-order valence-corrected chi connectivity index (χ2v) is 14.0. The van der Waals surface area contributed by atoms with Gasteiger partial charge in [0, 0.05) is 43.7 Å². The van der Waals surface area contributed by atoms with Crippen LogP contribution < -0.4 is 10.6 Å². The number of hydrogen-bond donors (Lipinski definition) is 5. The summed E-state index contributed by atoms with van der Waals surface area (Å²) in [5.74, 6) is 0.469. The van der Waals surface area contributed by atoms with Crippen LogP contribution in [0.15, 0.2) is 11.6 Å². The van der Waals surface area contributed by atoms with E-state index in [-0.39, 0.29) is 53.9 Å². The summed E-state index contributed by atoms with van der Waals surface area (Å²) in [6.45, 7) is 7.59. The fraction of sp³-hybridized carbons (Fsp3) is 0.867. The van der Waals surface area contributed by atoms with Crippen LogP contribution in [0.4, 0.5) is 4.79 Å². The zero-order valence-electron chi connectivity index (χ0n) is 23.5. The lowest BCUT2D eigenvalue weighted by atomic mass is 9.42. The number of ether oxygens (including phenoxy) is 1. The van der Waals surface area contributed by atoms with E-state index in [2.05, 4.69) is 29.4 Å². The summed E-state index contributed by atoms with van der Waals surface area (Å²) in [7, 11) is 0. The maximum atomic E-state index is 12.6. The van der Waals surface area contributed by atoms with Gasteiger partial charge in [0.25, 0.3) is 0 Å². The minimum Gasteiger partial charge on any atom is -0.458 e. The van der Waals surface area contributed by atoms with Crippen LogP contribution in [0.1, 0.15) is 71.6 Å². The molecule has 2 heterocycles. The first-order valence-electron chi connectivity index (χ1n) is 15.3. The van der Waals surface area contributed by atoms with Gasteiger partial charge in [0.1, 0.15) is 6.61 Å². The van der Waals surface area contributed by atoms with Gasteiger partial charge in [0.2, 0.25) is 0 Å². The molecular weight excluding hydrogens is 498 g/mol. The molecule has 0 radical (unpaired) electrons. The number of rotatable bonds is 5. The van der Waals surface area contributed by atoms with Gasteiger partial charge in [-0.25, -0.2) is 9.59 Å². The highest BCUT2D eigenvalue weighted by Gasteiger charge is 2.70. The van der Waals surface area contributed by atoms with Crippen molar-refractivity contribution in [2.45, 2.75) is 95.5 Å². The van der Waals surface area contributed by atoms with Gasteiger partial charge in [0.05, 0.1) is 17.8 Å². The Hall–Kier alpha value is -1.68. The van der Waals surface area contributed by atoms with Crippen molar-refractivity contribution in [2.24, 2.45) is 34.5 Å². The number of esters is 1. The van der Waals surface area contributed by atoms with Gasteiger partial charge in [-0.05, 0) is 92.4 Å². The predicted octanol–water partition coefficient (Wildman–Crippen LogP) is 1.95. The van der Waals surface area contributed by atoms with Crippen molar-refractivity contribution >= 4 is 12.0 Å². The number of aliphatic hydroxyl groups excluding tert-OH is 2. The SMILES string of the molecule is C[C@]12CC[C@H](NC(=O)NCCN3CC[C@@H](O)C3)C[C@H]1CC[C@@H]1[C@@H]2C[C@@H](O)[C@]2(C)[C@@H](C3=CC(=O)OC3)CC[C@]12O. The summed E-state index contributed by atoms with van der Waals surface area (Å²) >= 11 is 0. The van der Waals surface area contributed by atoms with Crippen molar-refractivity contribution in [3.8, 4) is 0 Å². The van der Waals surface area contributed by atoms with E-state index in [0.717, 1.165) is 63.6 Å². The third-order valence-corrected chi connectivity index (χ3v) is 12.4. The van der Waals surface area contributed by atoms with Crippen LogP contribution in [0, 0.1) is 34.5 Å². The van der Waals surface area contributed by atoms with Gasteiger partial charge < -0.3 is 30.7 Å². The molecule has 2 aliphatic heterocycles. The number of β-amino-alcohol motifs (C(OH)–C–C–N with tert-alkyl or cyclic N) is 1. The number of fused-ring (bicyclic) bond motifs is 5. The highest BCUT2D eigenvalue weighted by Crippen LogP contribution is 2.69. The average Bonchev–Trinajstić information content (AvgIpc) is 3.58. The second kappa shape index (κ2) is 10.00. The summed E-state index contributed by atoms with van der Waals surface area (Å²) in [4.78, 5) is 26.6. The zero-order chi connectivity index (χ0) is 27.6. The third kappa shape index (κ3) is 4.43. The molecule has 1 saturated heterocycles. The average molecular weight is 546 g/mol. The molecule has 2 amide bonds. The first-order chi connectivity index (χ1) is 18.5. The molecule has 0 aromatic rings. The topological polar surface area (TPSA) is 131 Å². The van der Waals surface area contributed by atoms with Crippen molar-refractivity contribution in [3.05, 3.63) is 11.6 Å². The largest absolute Gasteiger partial charge is 0.458 e. The van der Waals surface area contributed by atoms with E-state index in [1.54, 1.807) is 6.08 Å². The minimum absolute atomic E-state index is 0.0238. The Morgan fingerprint density at radius 3 is 2.64 bits per heavy atom. The minimum atomic E-state index is -0.958. The summed E-state index contributed by atoms with van der Waals surface area (Å²) in [6.07, 6.45) is 8.39. The molecule has 6 rings (SSSR count). The number of hydrogen-bond acceptors (Lipinski definition) is 7. The molecule has 0 aromatic carbocycles. The molecule has 9 nitrogen and oxygen atoms in total. The van der Waals surface area contributed by atoms with E-state index in [4.69, 9.17) is 4.74 Å². The Balaban J connectivity index is 1.09. The highest BCUT2D eigenvalue weighted by molar-refractivity contribution is 5.85. The number of aliphatic hydroxyl groups is 3. The molecule has 4 saturated carbocycles. The standard InChI is InChI=1S/C30H47N3O6/c1-28-8-5-20(32-27(37)31-10-12-33-11-7-21(34)16-33)14-19(28)3-4-23-24(28)15-25(35)29(2)22(6-9-30(23,29)38)18-13-26(36)39-17-18/h13,19-25,34-35,38H,3-12,14-17H2,1-2H3,(H2,31,32,37)/t19-,20+,21-,22-,23-,24+,25-,28+,29+,30+/m1/s1. The Bertz CT molecular complexity index is 1020. The van der Waals surface area contributed by atoms with Crippen LogP contribution in [-0.2, 0) is 9.53 Å². The molecule has 0 aromatic heterocycles. The molecular formula is C30H47N3O6. The number of nitrogens with one attached hydrogen (secondary N) is 2. The number of carbonyl (C=O) groups excluding carboxylic acids is 2. The van der Waals surface area contributed by atoms with Crippen molar-refractivity contribution in [1.29, 1.82) is 0 Å². The molecule has 0 bridgehead atoms. The fourth-order valence-corrected chi connectivity index (χ4v) is 10.1. The lowest BCUT2D eigenvalue weighted by molar-refractivity contribution is -0.242. The van der Waals surface area contributed by atoms with E-state index in [1.165, 1.54) is 0 Å². The summed E-state index contributed by atoms with van der Waals surface area (Å²) in [5.41, 5.74) is -0.684. The molecule has 4 aliphatic carbocycles. The first kappa shape index (κ1) is 27.5. The van der Waals surface area contributed by atoms with Crippen LogP contribution in [0.25, 0.3) is 0 Å². The molecule has 6 aliphatic rings. The van der Waals surface area contributed by atoms with E-state index >= 15 is 0 Å². The summed E-state index contributed by atoms with van der Waals surface area (Å²) < 4.78 is 5.21. The molecule has 39 heavy (non-hydrogen) atoms. The van der Waals surface area contributed by atoms with Crippen molar-refractivity contribution in [2.75, 3.05) is 32.8 Å². The van der Waals surface area contributed by atoms with Crippen LogP contribution in [-0.4, -0.2) is 88.9 Å². The third-order valence-electron chi connectivity index (χ3n) is 12.4. The predicted molar refractivity (Wildman–Crippen MR) is 144 cm³/mol. The van der Waals surface area contributed by atoms with E-state index in [1.807, 2.05) is 0 Å². The molecule has 10 atom stereocenters. The Kier molecular flexibility index (Phi) is 7.05. The van der Waals surface area contributed by atoms with Gasteiger partial charge >= 0.3 is 12.0 Å². The van der Waals surface area contributed by atoms with Crippen LogP contribution in [0.5, 0.6) is 0 Å². The van der Waals surface area contributed by atoms with Crippen molar-refractivity contribution in [3.63, 3.8) is 0 Å². The van der Waals surface area contributed by atoms with E-state index in [0.29, 0.717) is 31.8 Å². The fourth-order valence-electron chi connectivity index (χ4n) is 10.1. The smallest absolute Gasteiger partial charge is 0.331 e. The normalized spacial score (nSPS) is 47.6. The number of likely N-dealkylation sites (tertiary alicyclic amines) is 1. The molecule has 5 N–H and O–H groups in total. The number of carbonyl (C=O) groups is 2. The highest BCUT2D eigenvalue weighted by atomic mass is 16.5. The number of nitrogens with zero attached hydrogens (tertiary/aromatic N) is 1. The zero-order valence-corrected chi connectivity index (χ0v) is 23.5. The Morgan fingerprint density at radius 1 is 1.10 bits per heavy atom. The van der Waals surface area contributed by atoms with Crippen LogP contribution >= 0.6 is 0 Å². The maximum Gasteiger partial charge on any atom is 0.331 e. The molecule has 0 spiro atoms. The van der Waals surface area contributed by atoms with Crippen molar-refractivity contribution < 1.29 is 29.6 Å². The summed E-state index contributed by atoms with van der Waals surface area (Å²) in [6, 6.07) is 0.0219. The number of amides is 2. The second-order valence-electron chi connectivity index (χ2n) is 14.0. The molecule has 218 valence electrons. The molecule has 5 fully saturated rings. The number of urea groups is 1. The monoisotopic (exact) mass is 545 g/mol. The van der Waals surface area contributed by atoms with Gasteiger partial charge in [-0.15, -0.1) is 0 Å². The van der Waals surface area contributed by atoms with Gasteiger partial charge in [0.15, 0.2) is 0 Å². The summed E-state index contributed by atoms with van der Waals surface area (Å²) in [5, 5.41) is 40.0. The first-order valence-corrected chi connectivity index (χ1v) is 15.3. The molecule has 9 heteroatoms. The lowest BCUT2D eigenvalue weighted by Crippen LogP contribution is -2.67. The quantitative estimate of drug-likeness (QED) is 0.334. The van der Waals surface area contributed by atoms with Gasteiger partial charge in [-0.1, -0.05) is 13.8 Å². The van der Waals surface area contributed by atoms with E-state index in [9.17, 15) is 24.9 Å². The van der Waals surface area contributed by atoms with Crippen LogP contribution in [0.2, 0.25) is 0 Å². The Morgan fingerprint density at radius 2 is 1.92 bits per heavy atom. The maximum absolute atomic E-state index is 12.6. The molecule has 0 unspecified atom stereocenters. The number of cyclic esters (lactones) is 1. The van der Waals surface area contributed by atoms with Crippen LogP contribution in [0.3, 0.4) is 0 Å². The van der Waals surface area contributed by atoms with Crippen molar-refractivity contribution in [1.82, 2.24) is 15.5 Å². The Labute approximate surface area is 231 Å². The van der Waals surface area contributed by atoms with E-state index < -0.39 is 17.1 Å².